The molecule has 0 unspecified atom stereocenters. The number of amides is 1. The van der Waals surface area contributed by atoms with E-state index in [2.05, 4.69) is 20.6 Å². The molecule has 0 radical (unpaired) electrons. The van der Waals surface area contributed by atoms with Gasteiger partial charge in [0, 0.05) is 42.2 Å². The average Bonchev–Trinajstić information content (AvgIpc) is 2.76. The predicted octanol–water partition coefficient (Wildman–Crippen LogP) is 3.65. The number of nitrogens with zero attached hydrogens (tertiary/aromatic N) is 2. The molecule has 2 N–H and O–H groups in total. The molecule has 0 aromatic heterocycles. The minimum atomic E-state index is -0.108. The maximum atomic E-state index is 12.5. The molecule has 0 saturated carbocycles. The van der Waals surface area contributed by atoms with Crippen LogP contribution in [0.5, 0.6) is 0 Å². The first-order valence-electron chi connectivity index (χ1n) is 9.63. The summed E-state index contributed by atoms with van der Waals surface area (Å²) in [7, 11) is 0. The summed E-state index contributed by atoms with van der Waals surface area (Å²) in [4.78, 5) is 21.6. The highest BCUT2D eigenvalue weighted by atomic mass is 16.1. The van der Waals surface area contributed by atoms with Gasteiger partial charge in [0.25, 0.3) is 5.91 Å². The van der Waals surface area contributed by atoms with Crippen molar-refractivity contribution in [3.8, 4) is 0 Å². The molecule has 0 atom stereocenters. The second-order valence-corrected chi connectivity index (χ2v) is 6.91. The molecular formula is C22H24N4O. The minimum Gasteiger partial charge on any atom is -0.370 e. The number of rotatable bonds is 4. The lowest BCUT2D eigenvalue weighted by molar-refractivity contribution is 0.102. The molecule has 0 spiro atoms. The molecule has 0 fully saturated rings. The van der Waals surface area contributed by atoms with Crippen LogP contribution in [0.3, 0.4) is 0 Å². The van der Waals surface area contributed by atoms with Gasteiger partial charge in [0.15, 0.2) is 0 Å². The number of anilines is 1. The molecule has 0 saturated heterocycles. The summed E-state index contributed by atoms with van der Waals surface area (Å²) in [5.74, 6) is 0.803. The molecule has 5 nitrogen and oxygen atoms in total. The van der Waals surface area contributed by atoms with Crippen molar-refractivity contribution in [2.45, 2.75) is 25.7 Å². The third kappa shape index (κ3) is 4.25. The molecule has 2 aliphatic rings. The molecule has 2 aromatic rings. The van der Waals surface area contributed by atoms with E-state index in [9.17, 15) is 4.79 Å². The van der Waals surface area contributed by atoms with Gasteiger partial charge in [-0.25, -0.2) is 0 Å². The van der Waals surface area contributed by atoms with E-state index in [1.165, 1.54) is 18.6 Å². The average molecular weight is 360 g/mol. The number of hydrogen-bond donors (Lipinski definition) is 2. The Balaban J connectivity index is 1.41. The van der Waals surface area contributed by atoms with Crippen LogP contribution in [0.1, 0.15) is 47.2 Å². The largest absolute Gasteiger partial charge is 0.370 e. The summed E-state index contributed by atoms with van der Waals surface area (Å²) in [6.45, 7) is 2.72. The molecular weight excluding hydrogens is 336 g/mol. The normalized spacial score (nSPS) is 16.7. The lowest BCUT2D eigenvalue weighted by Gasteiger charge is -2.15. The van der Waals surface area contributed by atoms with Crippen molar-refractivity contribution in [2.75, 3.05) is 25.0 Å². The van der Waals surface area contributed by atoms with Crippen molar-refractivity contribution in [3.05, 3.63) is 65.2 Å². The highest BCUT2D eigenvalue weighted by molar-refractivity contribution is 6.06. The van der Waals surface area contributed by atoms with Gasteiger partial charge in [-0.15, -0.1) is 0 Å². The van der Waals surface area contributed by atoms with E-state index >= 15 is 0 Å². The smallest absolute Gasteiger partial charge is 0.255 e. The van der Waals surface area contributed by atoms with Crippen LogP contribution in [-0.4, -0.2) is 37.1 Å². The van der Waals surface area contributed by atoms with E-state index < -0.39 is 0 Å². The van der Waals surface area contributed by atoms with E-state index in [-0.39, 0.29) is 5.91 Å². The monoisotopic (exact) mass is 360 g/mol. The zero-order chi connectivity index (χ0) is 18.5. The Morgan fingerprint density at radius 2 is 1.59 bits per heavy atom. The van der Waals surface area contributed by atoms with Crippen molar-refractivity contribution in [1.82, 2.24) is 5.32 Å². The summed E-state index contributed by atoms with van der Waals surface area (Å²) in [6, 6.07) is 15.5. The van der Waals surface area contributed by atoms with Gasteiger partial charge in [0.05, 0.1) is 0 Å². The Morgan fingerprint density at radius 1 is 0.852 bits per heavy atom. The van der Waals surface area contributed by atoms with Crippen LogP contribution in [-0.2, 0) is 0 Å². The highest BCUT2D eigenvalue weighted by Crippen LogP contribution is 2.17. The third-order valence-electron chi connectivity index (χ3n) is 4.92. The van der Waals surface area contributed by atoms with E-state index in [0.717, 1.165) is 55.1 Å². The number of aliphatic imine (C=N–C) groups is 2. The number of amidine groups is 1. The topological polar surface area (TPSA) is 65.8 Å². The van der Waals surface area contributed by atoms with Gasteiger partial charge in [0.1, 0.15) is 5.84 Å². The fraction of sp³-hybridized carbons (Fsp3) is 0.318. The van der Waals surface area contributed by atoms with Crippen molar-refractivity contribution in [1.29, 1.82) is 0 Å². The molecule has 138 valence electrons. The van der Waals surface area contributed by atoms with Crippen LogP contribution >= 0.6 is 0 Å². The Bertz CT molecular complexity index is 866. The van der Waals surface area contributed by atoms with Gasteiger partial charge in [-0.05, 0) is 55.5 Å². The standard InChI is InChI=1S/C22H24N4O/c27-22(18-7-5-17(6-8-18)21-24-14-3-15-25-21)26-19-11-9-16(10-12-19)20-4-1-2-13-23-20/h5-12H,1-4,13-15H2,(H,24,25)(H,26,27). The number of carbonyl (C=O) groups excluding carboxylic acids is 1. The number of benzene rings is 2. The van der Waals surface area contributed by atoms with Crippen LogP contribution in [0.25, 0.3) is 0 Å². The van der Waals surface area contributed by atoms with Crippen LogP contribution in [0.15, 0.2) is 58.5 Å². The molecule has 27 heavy (non-hydrogen) atoms. The van der Waals surface area contributed by atoms with Crippen molar-refractivity contribution in [3.63, 3.8) is 0 Å². The Kier molecular flexibility index (Phi) is 5.28. The Hall–Kier alpha value is -2.95. The second kappa shape index (κ2) is 8.16. The summed E-state index contributed by atoms with van der Waals surface area (Å²) >= 11 is 0. The molecule has 5 heteroatoms. The maximum absolute atomic E-state index is 12.5. The van der Waals surface area contributed by atoms with Crippen molar-refractivity contribution in [2.24, 2.45) is 9.98 Å². The molecule has 0 bridgehead atoms. The van der Waals surface area contributed by atoms with E-state index in [4.69, 9.17) is 0 Å². The first-order valence-corrected chi connectivity index (χ1v) is 9.63. The van der Waals surface area contributed by atoms with Gasteiger partial charge in [-0.1, -0.05) is 24.3 Å². The molecule has 0 aliphatic carbocycles. The minimum absolute atomic E-state index is 0.108. The van der Waals surface area contributed by atoms with Gasteiger partial charge >= 0.3 is 0 Å². The SMILES string of the molecule is O=C(Nc1ccc(C2=NCCCC2)cc1)c1ccc(C2=NCCCN2)cc1. The van der Waals surface area contributed by atoms with Crippen LogP contribution in [0.4, 0.5) is 5.69 Å². The van der Waals surface area contributed by atoms with Gasteiger partial charge in [0.2, 0.25) is 0 Å². The zero-order valence-electron chi connectivity index (χ0n) is 15.4. The van der Waals surface area contributed by atoms with Crippen LogP contribution in [0, 0.1) is 0 Å². The fourth-order valence-corrected chi connectivity index (χ4v) is 3.39. The fourth-order valence-electron chi connectivity index (χ4n) is 3.39. The van der Waals surface area contributed by atoms with Gasteiger partial charge < -0.3 is 10.6 Å². The summed E-state index contributed by atoms with van der Waals surface area (Å²) < 4.78 is 0. The Labute approximate surface area is 159 Å². The first-order chi connectivity index (χ1) is 13.3. The van der Waals surface area contributed by atoms with Gasteiger partial charge in [-0.3, -0.25) is 14.8 Å². The molecule has 2 heterocycles. The lowest BCUT2D eigenvalue weighted by atomic mass is 10.0. The lowest BCUT2D eigenvalue weighted by Crippen LogP contribution is -2.30. The van der Waals surface area contributed by atoms with E-state index in [1.807, 2.05) is 48.5 Å². The number of carbonyl (C=O) groups is 1. The number of hydrogen-bond acceptors (Lipinski definition) is 4. The van der Waals surface area contributed by atoms with Gasteiger partial charge in [-0.2, -0.15) is 0 Å². The van der Waals surface area contributed by atoms with Crippen LogP contribution in [0.2, 0.25) is 0 Å². The predicted molar refractivity (Wildman–Crippen MR) is 110 cm³/mol. The van der Waals surface area contributed by atoms with Crippen LogP contribution < -0.4 is 10.6 Å². The summed E-state index contributed by atoms with van der Waals surface area (Å²) in [5, 5.41) is 6.26. The zero-order valence-corrected chi connectivity index (χ0v) is 15.4. The molecule has 2 aromatic carbocycles. The second-order valence-electron chi connectivity index (χ2n) is 6.91. The summed E-state index contributed by atoms with van der Waals surface area (Å²) in [5.41, 5.74) is 4.77. The number of nitrogens with one attached hydrogen (secondary N) is 2. The molecule has 2 aliphatic heterocycles. The van der Waals surface area contributed by atoms with Crippen molar-refractivity contribution < 1.29 is 4.79 Å². The molecule has 1 amide bonds. The molecule has 4 rings (SSSR count). The quantitative estimate of drug-likeness (QED) is 0.874. The van der Waals surface area contributed by atoms with E-state index in [0.29, 0.717) is 5.56 Å². The third-order valence-corrected chi connectivity index (χ3v) is 4.92. The Morgan fingerprint density at radius 3 is 2.26 bits per heavy atom. The van der Waals surface area contributed by atoms with E-state index in [1.54, 1.807) is 0 Å². The highest BCUT2D eigenvalue weighted by Gasteiger charge is 2.11. The maximum Gasteiger partial charge on any atom is 0.255 e. The summed E-state index contributed by atoms with van der Waals surface area (Å²) in [6.07, 6.45) is 4.49. The first kappa shape index (κ1) is 17.5. The van der Waals surface area contributed by atoms with Crippen molar-refractivity contribution >= 4 is 23.1 Å².